The number of methoxy groups -OCH3 is 1. The summed E-state index contributed by atoms with van der Waals surface area (Å²) < 4.78 is 11.6. The van der Waals surface area contributed by atoms with E-state index in [0.717, 1.165) is 33.4 Å². The number of hydrogen-bond acceptors (Lipinski definition) is 3. The van der Waals surface area contributed by atoms with Crippen LogP contribution in [0.25, 0.3) is 10.8 Å². The third kappa shape index (κ3) is 3.12. The van der Waals surface area contributed by atoms with Crippen molar-refractivity contribution in [2.45, 2.75) is 12.0 Å². The van der Waals surface area contributed by atoms with Crippen molar-refractivity contribution < 1.29 is 14.3 Å². The van der Waals surface area contributed by atoms with Gasteiger partial charge in [-0.15, -0.1) is 0 Å². The largest absolute Gasteiger partial charge is 0.497 e. The van der Waals surface area contributed by atoms with Gasteiger partial charge >= 0.3 is 0 Å². The second kappa shape index (κ2) is 7.51. The normalized spacial score (nSPS) is 17.4. The lowest BCUT2D eigenvalue weighted by Crippen LogP contribution is -2.30. The molecule has 0 radical (unpaired) electrons. The number of halogens is 1. The Morgan fingerprint density at radius 2 is 1.63 bits per heavy atom. The summed E-state index contributed by atoms with van der Waals surface area (Å²) in [5, 5.41) is 2.82. The molecular formula is C26H19ClO3. The molecule has 0 aliphatic carbocycles. The van der Waals surface area contributed by atoms with Gasteiger partial charge in [-0.05, 0) is 58.8 Å². The van der Waals surface area contributed by atoms with E-state index in [4.69, 9.17) is 21.1 Å². The van der Waals surface area contributed by atoms with Gasteiger partial charge in [-0.1, -0.05) is 54.1 Å². The number of hydrogen-bond donors (Lipinski definition) is 0. The fourth-order valence-electron chi connectivity index (χ4n) is 4.19. The van der Waals surface area contributed by atoms with Crippen LogP contribution in [-0.2, 0) is 0 Å². The molecule has 4 aromatic rings. The highest BCUT2D eigenvalue weighted by Gasteiger charge is 2.41. The monoisotopic (exact) mass is 414 g/mol. The Morgan fingerprint density at radius 1 is 0.900 bits per heavy atom. The van der Waals surface area contributed by atoms with Crippen LogP contribution < -0.4 is 9.47 Å². The first kappa shape index (κ1) is 18.7. The van der Waals surface area contributed by atoms with Crippen LogP contribution in [-0.4, -0.2) is 19.0 Å². The molecule has 0 saturated carbocycles. The van der Waals surface area contributed by atoms with Crippen LogP contribution >= 0.6 is 11.6 Å². The maximum absolute atomic E-state index is 13.5. The van der Waals surface area contributed by atoms with Gasteiger partial charge in [-0.2, -0.15) is 0 Å². The number of carbonyl (C=O) groups excluding carboxylic acids is 1. The van der Waals surface area contributed by atoms with E-state index < -0.39 is 6.10 Å². The van der Waals surface area contributed by atoms with Crippen molar-refractivity contribution in [3.8, 4) is 11.5 Å². The molecular weight excluding hydrogens is 396 g/mol. The fourth-order valence-corrected chi connectivity index (χ4v) is 4.32. The number of benzene rings is 4. The lowest BCUT2D eigenvalue weighted by molar-refractivity contribution is 0.0807. The molecule has 2 atom stereocenters. The Balaban J connectivity index is 1.67. The summed E-state index contributed by atoms with van der Waals surface area (Å²) in [5.74, 6) is 1.24. The minimum Gasteiger partial charge on any atom is -0.497 e. The van der Waals surface area contributed by atoms with E-state index >= 15 is 0 Å². The molecule has 0 fully saturated rings. The first-order valence-electron chi connectivity index (χ1n) is 9.78. The first-order chi connectivity index (χ1) is 14.7. The molecule has 0 amide bonds. The molecule has 5 rings (SSSR count). The van der Waals surface area contributed by atoms with E-state index in [9.17, 15) is 4.79 Å². The summed E-state index contributed by atoms with van der Waals surface area (Å²) in [6.45, 7) is 0. The highest BCUT2D eigenvalue weighted by Crippen LogP contribution is 2.47. The van der Waals surface area contributed by atoms with Crippen molar-refractivity contribution in [1.29, 1.82) is 0 Å². The Kier molecular flexibility index (Phi) is 4.68. The van der Waals surface area contributed by atoms with Crippen LogP contribution in [0.4, 0.5) is 0 Å². The molecule has 3 nitrogen and oxygen atoms in total. The molecule has 0 unspecified atom stereocenters. The van der Waals surface area contributed by atoms with Crippen LogP contribution in [0.2, 0.25) is 5.02 Å². The summed E-state index contributed by atoms with van der Waals surface area (Å²) in [5.41, 5.74) is 2.64. The fraction of sp³-hybridized carbons (Fsp3) is 0.115. The Morgan fingerprint density at radius 3 is 2.37 bits per heavy atom. The lowest BCUT2D eigenvalue weighted by atomic mass is 9.83. The first-order valence-corrected chi connectivity index (χ1v) is 10.2. The van der Waals surface area contributed by atoms with E-state index in [1.165, 1.54) is 0 Å². The molecule has 0 spiro atoms. The lowest BCUT2D eigenvalue weighted by Gasteiger charge is -2.19. The highest BCUT2D eigenvalue weighted by atomic mass is 35.5. The van der Waals surface area contributed by atoms with Crippen LogP contribution in [0, 0.1) is 0 Å². The molecule has 1 aliphatic rings. The van der Waals surface area contributed by atoms with Gasteiger partial charge in [0.15, 0.2) is 6.10 Å². The molecule has 1 aliphatic heterocycles. The maximum atomic E-state index is 13.5. The maximum Gasteiger partial charge on any atom is 0.204 e. The van der Waals surface area contributed by atoms with E-state index in [0.29, 0.717) is 10.6 Å². The van der Waals surface area contributed by atoms with Gasteiger partial charge in [-0.3, -0.25) is 4.79 Å². The van der Waals surface area contributed by atoms with Crippen LogP contribution in [0.1, 0.15) is 27.4 Å². The predicted molar refractivity (Wildman–Crippen MR) is 119 cm³/mol. The van der Waals surface area contributed by atoms with Gasteiger partial charge in [0.1, 0.15) is 11.5 Å². The van der Waals surface area contributed by atoms with E-state index in [2.05, 4.69) is 12.1 Å². The second-order valence-corrected chi connectivity index (χ2v) is 7.80. The molecule has 4 heteroatoms. The average molecular weight is 415 g/mol. The van der Waals surface area contributed by atoms with Gasteiger partial charge in [0.2, 0.25) is 5.78 Å². The highest BCUT2D eigenvalue weighted by molar-refractivity contribution is 6.30. The molecule has 0 aromatic heterocycles. The summed E-state index contributed by atoms with van der Waals surface area (Å²) >= 11 is 6.01. The average Bonchev–Trinajstić information content (AvgIpc) is 3.19. The number of fused-ring (bicyclic) bond motifs is 3. The van der Waals surface area contributed by atoms with Crippen LogP contribution in [0.15, 0.2) is 84.9 Å². The van der Waals surface area contributed by atoms with Crippen LogP contribution in [0.5, 0.6) is 11.5 Å². The minimum absolute atomic E-state index is 0.0623. The molecule has 30 heavy (non-hydrogen) atoms. The quantitative estimate of drug-likeness (QED) is 0.369. The van der Waals surface area contributed by atoms with Gasteiger partial charge in [0.05, 0.1) is 13.0 Å². The van der Waals surface area contributed by atoms with Gasteiger partial charge in [0, 0.05) is 16.1 Å². The van der Waals surface area contributed by atoms with Crippen molar-refractivity contribution in [1.82, 2.24) is 0 Å². The topological polar surface area (TPSA) is 35.5 Å². The zero-order valence-corrected chi connectivity index (χ0v) is 17.1. The van der Waals surface area contributed by atoms with E-state index in [-0.39, 0.29) is 11.7 Å². The van der Waals surface area contributed by atoms with Crippen molar-refractivity contribution in [2.24, 2.45) is 0 Å². The van der Waals surface area contributed by atoms with Gasteiger partial charge in [0.25, 0.3) is 0 Å². The zero-order chi connectivity index (χ0) is 20.7. The molecule has 1 heterocycles. The molecule has 148 valence electrons. The SMILES string of the molecule is COc1ccc([C@@H]2c3c(ccc4ccccc34)O[C@H]2C(=O)c2ccc(Cl)cc2)cc1. The summed E-state index contributed by atoms with van der Waals surface area (Å²) in [6, 6.07) is 27.0. The standard InChI is InChI=1S/C26H19ClO3/c1-29-20-13-8-17(9-14-20)23-24-21-5-3-2-4-16(21)10-15-22(24)30-26(23)25(28)18-6-11-19(27)12-7-18/h2-15,23,26H,1H3/t23-,26-/m1/s1. The minimum atomic E-state index is -0.652. The van der Waals surface area contributed by atoms with Crippen LogP contribution in [0.3, 0.4) is 0 Å². The molecule has 0 bridgehead atoms. The van der Waals surface area contributed by atoms with E-state index in [1.807, 2.05) is 48.5 Å². The van der Waals surface area contributed by atoms with Crippen molar-refractivity contribution in [2.75, 3.05) is 7.11 Å². The number of rotatable bonds is 4. The smallest absolute Gasteiger partial charge is 0.204 e. The van der Waals surface area contributed by atoms with Crippen molar-refractivity contribution in [3.05, 3.63) is 107 Å². The number of Topliss-reactive ketones (excluding diaryl/α,β-unsaturated/α-hetero) is 1. The Bertz CT molecular complexity index is 1230. The van der Waals surface area contributed by atoms with Gasteiger partial charge in [-0.25, -0.2) is 0 Å². The van der Waals surface area contributed by atoms with E-state index in [1.54, 1.807) is 31.4 Å². The molecule has 0 saturated heterocycles. The number of ketones is 1. The summed E-state index contributed by atoms with van der Waals surface area (Å²) in [4.78, 5) is 13.5. The Hall–Kier alpha value is -3.30. The predicted octanol–water partition coefficient (Wildman–Crippen LogP) is 6.28. The number of carbonyl (C=O) groups is 1. The van der Waals surface area contributed by atoms with Gasteiger partial charge < -0.3 is 9.47 Å². The summed E-state index contributed by atoms with van der Waals surface area (Å²) in [7, 11) is 1.64. The molecule has 0 N–H and O–H groups in total. The number of ether oxygens (including phenoxy) is 2. The zero-order valence-electron chi connectivity index (χ0n) is 16.3. The Labute approximate surface area is 179 Å². The second-order valence-electron chi connectivity index (χ2n) is 7.36. The summed E-state index contributed by atoms with van der Waals surface area (Å²) in [6.07, 6.45) is -0.652. The van der Waals surface area contributed by atoms with Crippen molar-refractivity contribution in [3.63, 3.8) is 0 Å². The third-order valence-corrected chi connectivity index (χ3v) is 5.91. The third-order valence-electron chi connectivity index (χ3n) is 5.66. The molecule has 4 aromatic carbocycles. The van der Waals surface area contributed by atoms with Crippen molar-refractivity contribution >= 4 is 28.2 Å².